The van der Waals surface area contributed by atoms with Crippen LogP contribution in [0, 0.1) is 6.92 Å². The molecule has 0 radical (unpaired) electrons. The molecule has 10 heteroatoms. The van der Waals surface area contributed by atoms with Gasteiger partial charge in [0.05, 0.1) is 25.5 Å². The van der Waals surface area contributed by atoms with Gasteiger partial charge in [-0.05, 0) is 40.5 Å². The molecule has 0 saturated heterocycles. The highest BCUT2D eigenvalue weighted by atomic mass is 79.9. The maximum atomic E-state index is 12.8. The quantitative estimate of drug-likeness (QED) is 0.706. The van der Waals surface area contributed by atoms with Crippen molar-refractivity contribution in [2.24, 2.45) is 0 Å². The fraction of sp³-hybridized carbons (Fsp3) is 0.200. The highest BCUT2D eigenvalue weighted by Gasteiger charge is 2.32. The summed E-state index contributed by atoms with van der Waals surface area (Å²) in [7, 11) is -1.83. The molecule has 0 atom stereocenters. The summed E-state index contributed by atoms with van der Waals surface area (Å²) in [6.07, 6.45) is 0. The summed E-state index contributed by atoms with van der Waals surface area (Å²) in [5.41, 5.74) is 0.299. The van der Waals surface area contributed by atoms with Gasteiger partial charge in [-0.2, -0.15) is 0 Å². The van der Waals surface area contributed by atoms with E-state index >= 15 is 0 Å². The van der Waals surface area contributed by atoms with Gasteiger partial charge in [-0.25, -0.2) is 18.0 Å². The number of anilines is 1. The van der Waals surface area contributed by atoms with Gasteiger partial charge in [-0.3, -0.25) is 4.72 Å². The molecule has 134 valence electrons. The molecule has 0 aliphatic carbocycles. The maximum absolute atomic E-state index is 12.8. The molecule has 0 saturated carbocycles. The molecule has 2 rings (SSSR count). The predicted octanol–water partition coefficient (Wildman–Crippen LogP) is 3.19. The Morgan fingerprint density at radius 1 is 1.12 bits per heavy atom. The van der Waals surface area contributed by atoms with Crippen molar-refractivity contribution in [3.8, 4) is 0 Å². The number of para-hydroxylation sites is 1. The molecule has 0 bridgehead atoms. The number of sulfonamides is 1. The second kappa shape index (κ2) is 7.54. The molecule has 0 unspecified atom stereocenters. The minimum absolute atomic E-state index is 0.0235. The average molecular weight is 448 g/mol. The molecule has 1 aromatic heterocycles. The van der Waals surface area contributed by atoms with Crippen LogP contribution < -0.4 is 4.72 Å². The Morgan fingerprint density at radius 3 is 2.28 bits per heavy atom. The van der Waals surface area contributed by atoms with Crippen molar-refractivity contribution in [1.29, 1.82) is 0 Å². The van der Waals surface area contributed by atoms with E-state index in [-0.39, 0.29) is 20.2 Å². The van der Waals surface area contributed by atoms with Crippen LogP contribution in [0.1, 0.15) is 25.6 Å². The van der Waals surface area contributed by atoms with Crippen LogP contribution in [0.3, 0.4) is 0 Å². The Morgan fingerprint density at radius 2 is 1.72 bits per heavy atom. The Kier molecular flexibility index (Phi) is 5.86. The zero-order chi connectivity index (χ0) is 18.8. The normalized spacial score (nSPS) is 11.0. The number of benzene rings is 1. The lowest BCUT2D eigenvalue weighted by atomic mass is 10.2. The fourth-order valence-corrected chi connectivity index (χ4v) is 5.38. The number of methoxy groups -OCH3 is 2. The largest absolute Gasteiger partial charge is 0.465 e. The summed E-state index contributed by atoms with van der Waals surface area (Å²) in [6.45, 7) is 1.46. The zero-order valence-corrected chi connectivity index (χ0v) is 16.7. The van der Waals surface area contributed by atoms with Gasteiger partial charge >= 0.3 is 11.9 Å². The Bertz CT molecular complexity index is 935. The summed E-state index contributed by atoms with van der Waals surface area (Å²) >= 11 is 3.90. The number of hydrogen-bond donors (Lipinski definition) is 1. The average Bonchev–Trinajstić information content (AvgIpc) is 2.93. The van der Waals surface area contributed by atoms with E-state index in [2.05, 4.69) is 30.1 Å². The Balaban J connectivity index is 2.62. The minimum Gasteiger partial charge on any atom is -0.465 e. The number of thiophene rings is 1. The first-order valence-electron chi connectivity index (χ1n) is 6.80. The number of esters is 2. The van der Waals surface area contributed by atoms with Crippen LogP contribution in [-0.4, -0.2) is 34.6 Å². The molecule has 0 spiro atoms. The van der Waals surface area contributed by atoms with Crippen LogP contribution in [0.15, 0.2) is 32.9 Å². The summed E-state index contributed by atoms with van der Waals surface area (Å²) in [5, 5.41) is 0. The van der Waals surface area contributed by atoms with E-state index in [1.54, 1.807) is 24.3 Å². The van der Waals surface area contributed by atoms with E-state index < -0.39 is 22.0 Å². The lowest BCUT2D eigenvalue weighted by Crippen LogP contribution is -2.16. The lowest BCUT2D eigenvalue weighted by molar-refractivity contribution is 0.0596. The Labute approximate surface area is 157 Å². The first kappa shape index (κ1) is 19.4. The summed E-state index contributed by atoms with van der Waals surface area (Å²) in [4.78, 5) is 24.0. The topological polar surface area (TPSA) is 98.8 Å². The van der Waals surface area contributed by atoms with E-state index in [0.717, 1.165) is 7.11 Å². The van der Waals surface area contributed by atoms with Crippen molar-refractivity contribution in [1.82, 2.24) is 0 Å². The van der Waals surface area contributed by atoms with Crippen LogP contribution in [0.5, 0.6) is 0 Å². The van der Waals surface area contributed by atoms with Crippen molar-refractivity contribution < 1.29 is 27.5 Å². The van der Waals surface area contributed by atoms with Crippen molar-refractivity contribution in [2.75, 3.05) is 18.9 Å². The third-order valence-electron chi connectivity index (χ3n) is 3.24. The molecule has 7 nitrogen and oxygen atoms in total. The van der Waals surface area contributed by atoms with Gasteiger partial charge in [-0.15, -0.1) is 11.3 Å². The number of rotatable bonds is 5. The van der Waals surface area contributed by atoms with Crippen LogP contribution in [0.4, 0.5) is 5.69 Å². The first-order chi connectivity index (χ1) is 11.7. The van der Waals surface area contributed by atoms with Gasteiger partial charge in [-0.1, -0.05) is 12.1 Å². The molecule has 0 aliphatic rings. The van der Waals surface area contributed by atoms with E-state index in [9.17, 15) is 18.0 Å². The minimum atomic E-state index is -4.14. The van der Waals surface area contributed by atoms with Crippen molar-refractivity contribution in [2.45, 2.75) is 11.1 Å². The van der Waals surface area contributed by atoms with Crippen molar-refractivity contribution in [3.63, 3.8) is 0 Å². The maximum Gasteiger partial charge on any atom is 0.348 e. The predicted molar refractivity (Wildman–Crippen MR) is 96.7 cm³/mol. The van der Waals surface area contributed by atoms with Crippen LogP contribution in [0.25, 0.3) is 0 Å². The molecule has 1 aromatic carbocycles. The standard InChI is InChI=1S/C15H14BrNO6S2/c1-8-11(13(18)22-2)15(24-12(8)14(19)23-3)25(20,21)17-10-7-5-4-6-9(10)16/h4-7,17H,1-3H3. The molecule has 25 heavy (non-hydrogen) atoms. The van der Waals surface area contributed by atoms with Gasteiger partial charge in [0.15, 0.2) is 4.21 Å². The highest BCUT2D eigenvalue weighted by molar-refractivity contribution is 9.10. The molecule has 2 aromatic rings. The van der Waals surface area contributed by atoms with Gasteiger partial charge in [0.25, 0.3) is 10.0 Å². The van der Waals surface area contributed by atoms with Crippen molar-refractivity contribution >= 4 is 54.9 Å². The number of ether oxygens (including phenoxy) is 2. The van der Waals surface area contributed by atoms with E-state index in [4.69, 9.17) is 0 Å². The van der Waals surface area contributed by atoms with Crippen LogP contribution in [0.2, 0.25) is 0 Å². The summed E-state index contributed by atoms with van der Waals surface area (Å²) in [6, 6.07) is 6.61. The number of carbonyl (C=O) groups excluding carboxylic acids is 2. The summed E-state index contributed by atoms with van der Waals surface area (Å²) < 4.78 is 37.5. The zero-order valence-electron chi connectivity index (χ0n) is 13.5. The second-order valence-electron chi connectivity index (χ2n) is 4.79. The van der Waals surface area contributed by atoms with Gasteiger partial charge in [0.2, 0.25) is 0 Å². The molecule has 1 heterocycles. The van der Waals surface area contributed by atoms with E-state index in [0.29, 0.717) is 21.5 Å². The fourth-order valence-electron chi connectivity index (χ4n) is 2.04. The van der Waals surface area contributed by atoms with Gasteiger partial charge in [0.1, 0.15) is 4.88 Å². The third kappa shape index (κ3) is 3.86. The van der Waals surface area contributed by atoms with Gasteiger partial charge in [0, 0.05) is 4.47 Å². The SMILES string of the molecule is COC(=O)c1sc(S(=O)(=O)Nc2ccccc2Br)c(C(=O)OC)c1C. The first-order valence-corrected chi connectivity index (χ1v) is 9.89. The third-order valence-corrected chi connectivity index (χ3v) is 7.08. The highest BCUT2D eigenvalue weighted by Crippen LogP contribution is 2.35. The van der Waals surface area contributed by atoms with Gasteiger partial charge < -0.3 is 9.47 Å². The van der Waals surface area contributed by atoms with Crippen LogP contribution in [-0.2, 0) is 19.5 Å². The molecule has 0 fully saturated rings. The smallest absolute Gasteiger partial charge is 0.348 e. The molecular weight excluding hydrogens is 434 g/mol. The lowest BCUT2D eigenvalue weighted by Gasteiger charge is -2.09. The van der Waals surface area contributed by atoms with E-state index in [1.165, 1.54) is 14.0 Å². The second-order valence-corrected chi connectivity index (χ2v) is 8.54. The monoisotopic (exact) mass is 447 g/mol. The Hall–Kier alpha value is -1.91. The van der Waals surface area contributed by atoms with Crippen molar-refractivity contribution in [3.05, 3.63) is 44.7 Å². The molecule has 0 aliphatic heterocycles. The summed E-state index contributed by atoms with van der Waals surface area (Å²) in [5.74, 6) is -1.58. The molecular formula is C15H14BrNO6S2. The number of halogens is 1. The molecule has 0 amide bonds. The molecule has 1 N–H and O–H groups in total. The van der Waals surface area contributed by atoms with E-state index in [1.807, 2.05) is 0 Å². The number of hydrogen-bond acceptors (Lipinski definition) is 7. The van der Waals surface area contributed by atoms with Crippen LogP contribution >= 0.6 is 27.3 Å². The number of carbonyl (C=O) groups is 2. The number of nitrogens with one attached hydrogen (secondary N) is 1.